The molecule has 0 aliphatic rings. The molecule has 0 aliphatic carbocycles. The predicted octanol–water partition coefficient (Wildman–Crippen LogP) is 11.4. The molecule has 8 aromatic rings. The van der Waals surface area contributed by atoms with Crippen LogP contribution in [0.2, 0.25) is 0 Å². The third kappa shape index (κ3) is 7.39. The molecule has 49 heavy (non-hydrogen) atoms. The van der Waals surface area contributed by atoms with Crippen LogP contribution in [0.5, 0.6) is 0 Å². The molecule has 0 spiro atoms. The van der Waals surface area contributed by atoms with Crippen LogP contribution in [0.3, 0.4) is 0 Å². The first-order valence-corrected chi connectivity index (χ1v) is 15.6. The van der Waals surface area contributed by atoms with Crippen LogP contribution in [-0.2, 0) is 26.5 Å². The van der Waals surface area contributed by atoms with Gasteiger partial charge in [0.2, 0.25) is 0 Å². The molecule has 5 heteroatoms. The first kappa shape index (κ1) is 25.1. The zero-order valence-electron chi connectivity index (χ0n) is 35.1. The summed E-state index contributed by atoms with van der Waals surface area (Å²) in [5.41, 5.74) is 5.97. The molecule has 0 unspecified atom stereocenters. The summed E-state index contributed by atoms with van der Waals surface area (Å²) >= 11 is 0. The Kier molecular flexibility index (Phi) is 7.30. The number of fused-ring (bicyclic) bond motifs is 5. The van der Waals surface area contributed by atoms with Gasteiger partial charge in [-0.15, -0.1) is 54.1 Å². The number of rotatable bonds is 4. The Morgan fingerprint density at radius 3 is 2.22 bits per heavy atom. The summed E-state index contributed by atoms with van der Waals surface area (Å²) in [4.78, 5) is 12.8. The summed E-state index contributed by atoms with van der Waals surface area (Å²) in [5.74, 6) is 0. The van der Waals surface area contributed by atoms with Gasteiger partial charge in [-0.1, -0.05) is 86.3 Å². The third-order valence-corrected chi connectivity index (χ3v) is 7.81. The molecule has 4 aromatic heterocycles. The van der Waals surface area contributed by atoms with Crippen molar-refractivity contribution >= 4 is 32.7 Å². The molecular weight excluding hydrogens is 779 g/mol. The fourth-order valence-corrected chi connectivity index (χ4v) is 5.72. The van der Waals surface area contributed by atoms with Crippen molar-refractivity contribution in [2.75, 3.05) is 0 Å². The molecule has 0 N–H and O–H groups in total. The Morgan fingerprint density at radius 2 is 1.49 bits per heavy atom. The molecule has 4 heterocycles. The van der Waals surface area contributed by atoms with Crippen molar-refractivity contribution < 1.29 is 35.5 Å². The van der Waals surface area contributed by atoms with E-state index >= 15 is 0 Å². The van der Waals surface area contributed by atoms with Crippen molar-refractivity contribution in [2.24, 2.45) is 5.41 Å². The zero-order valence-corrected chi connectivity index (χ0v) is 29.5. The van der Waals surface area contributed by atoms with E-state index in [2.05, 4.69) is 27.1 Å². The van der Waals surface area contributed by atoms with Gasteiger partial charge in [0.1, 0.15) is 5.58 Å². The molecule has 0 bridgehead atoms. The van der Waals surface area contributed by atoms with Gasteiger partial charge >= 0.3 is 0 Å². The topological polar surface area (TPSA) is 51.8 Å². The predicted molar refractivity (Wildman–Crippen MR) is 198 cm³/mol. The Morgan fingerprint density at radius 1 is 0.694 bits per heavy atom. The van der Waals surface area contributed by atoms with Crippen molar-refractivity contribution in [1.82, 2.24) is 15.0 Å². The van der Waals surface area contributed by atoms with Crippen LogP contribution in [0.15, 0.2) is 126 Å². The Labute approximate surface area is 312 Å². The van der Waals surface area contributed by atoms with Gasteiger partial charge in [-0.25, -0.2) is 0 Å². The smallest absolute Gasteiger partial charge is 0.128 e. The maximum absolute atomic E-state index is 8.39. The first-order chi connectivity index (χ1) is 26.4. The van der Waals surface area contributed by atoms with Crippen LogP contribution >= 0.6 is 0 Å². The number of hydrogen-bond acceptors (Lipinski definition) is 4. The molecule has 4 aromatic carbocycles. The summed E-state index contributed by atoms with van der Waals surface area (Å²) in [7, 11) is 0. The average molecular weight is 824 g/mol. The number of benzene rings is 4. The first-order valence-electron chi connectivity index (χ1n) is 19.6. The maximum Gasteiger partial charge on any atom is 0.128 e. The van der Waals surface area contributed by atoms with Crippen molar-refractivity contribution in [3.63, 3.8) is 0 Å². The number of nitrogens with zero attached hydrogens (tertiary/aromatic N) is 3. The van der Waals surface area contributed by atoms with E-state index in [0.717, 1.165) is 33.2 Å². The van der Waals surface area contributed by atoms with Gasteiger partial charge in [0.05, 0.1) is 5.58 Å². The Balaban J connectivity index is 0.000000194. The minimum atomic E-state index is -2.58. The van der Waals surface area contributed by atoms with Crippen molar-refractivity contribution in [3.8, 4) is 33.6 Å². The third-order valence-electron chi connectivity index (χ3n) is 7.81. The van der Waals surface area contributed by atoms with Gasteiger partial charge in [0.25, 0.3) is 0 Å². The minimum Gasteiger partial charge on any atom is -0.500 e. The van der Waals surface area contributed by atoms with E-state index in [9.17, 15) is 0 Å². The van der Waals surface area contributed by atoms with Crippen molar-refractivity contribution in [1.29, 1.82) is 0 Å². The van der Waals surface area contributed by atoms with E-state index in [0.29, 0.717) is 38.8 Å². The average Bonchev–Trinajstić information content (AvgIpc) is 3.57. The Hall–Kier alpha value is -4.96. The molecule has 245 valence electrons. The fraction of sp³-hybridized carbons (Fsp3) is 0.159. The maximum atomic E-state index is 8.39. The zero-order chi connectivity index (χ0) is 40.0. The van der Waals surface area contributed by atoms with Gasteiger partial charge in [-0.3, -0.25) is 4.98 Å². The second kappa shape index (κ2) is 14.3. The quantitative estimate of drug-likeness (QED) is 0.166. The van der Waals surface area contributed by atoms with E-state index in [4.69, 9.17) is 15.4 Å². The molecule has 8 rings (SSSR count). The van der Waals surface area contributed by atoms with Gasteiger partial charge in [-0.05, 0) is 71.8 Å². The summed E-state index contributed by atoms with van der Waals surface area (Å²) in [6.07, 6.45) is 2.10. The molecular formula is C44H37IrN3O-2. The SMILES string of the molecule is [2H]C([2H])([2H])c1cc2c(ccc3c4cc[c-]c(-c5ccccn5)c4oc23)c(C([2H])([2H])[2H])n1.[2H]C([2H])(c1ccc(-c2ccnc(-c3[c-]cccc3)c2)cc1)C(C)(C)C.[Ir]. The van der Waals surface area contributed by atoms with E-state index in [1.54, 1.807) is 30.6 Å². The standard InChI is InChI=1S/C22H15N2O.C22H22N.Ir/c1-13-12-19-15(14(2)24-13)9-10-17-16-6-5-7-18(21(16)25-22(17)19)20-8-3-4-11-23-20;1-22(2,3)16-17-9-11-18(12-10-17)20-13-14-23-21(15-20)19-7-5-4-6-8-19;/h3-6,8-12H,1-2H3;4-7,9-15H,16H2,1-3H3;/q2*-1;/i1D3,2D3;16D2;. The normalized spacial score (nSPS) is 14.5. The van der Waals surface area contributed by atoms with E-state index in [1.165, 1.54) is 6.07 Å². The molecule has 1 radical (unpaired) electrons. The van der Waals surface area contributed by atoms with Crippen LogP contribution in [0, 0.1) is 31.3 Å². The molecule has 4 nitrogen and oxygen atoms in total. The second-order valence-electron chi connectivity index (χ2n) is 12.5. The van der Waals surface area contributed by atoms with E-state index < -0.39 is 25.5 Å². The van der Waals surface area contributed by atoms with Crippen LogP contribution in [0.1, 0.15) is 48.7 Å². The van der Waals surface area contributed by atoms with Gasteiger partial charge in [-0.2, -0.15) is 0 Å². The summed E-state index contributed by atoms with van der Waals surface area (Å²) in [6.45, 7) is 0.632. The van der Waals surface area contributed by atoms with Gasteiger partial charge in [0.15, 0.2) is 0 Å². The molecule has 0 atom stereocenters. The number of aryl methyl sites for hydroxylation is 2. The van der Waals surface area contributed by atoms with Gasteiger partial charge < -0.3 is 14.4 Å². The van der Waals surface area contributed by atoms with E-state index in [1.807, 2.05) is 106 Å². The molecule has 0 amide bonds. The minimum absolute atomic E-state index is 0. The number of pyridine rings is 3. The Bertz CT molecular complexity index is 2670. The largest absolute Gasteiger partial charge is 0.500 e. The van der Waals surface area contributed by atoms with Gasteiger partial charge in [0, 0.05) is 71.0 Å². The number of hydrogen-bond donors (Lipinski definition) is 0. The summed E-state index contributed by atoms with van der Waals surface area (Å²) < 4.78 is 69.9. The van der Waals surface area contributed by atoms with Crippen molar-refractivity contribution in [3.05, 3.63) is 151 Å². The van der Waals surface area contributed by atoms with Crippen LogP contribution in [-0.4, -0.2) is 15.0 Å². The molecule has 0 fully saturated rings. The monoisotopic (exact) mass is 824 g/mol. The van der Waals surface area contributed by atoms with Crippen molar-refractivity contribution in [2.45, 2.75) is 40.8 Å². The molecule has 0 aliphatic heterocycles. The fourth-order valence-electron chi connectivity index (χ4n) is 5.72. The summed E-state index contributed by atoms with van der Waals surface area (Å²) in [5, 5.41) is 2.28. The molecule has 0 saturated heterocycles. The van der Waals surface area contributed by atoms with Crippen LogP contribution in [0.4, 0.5) is 0 Å². The number of aromatic nitrogens is 3. The molecule has 0 saturated carbocycles. The van der Waals surface area contributed by atoms with Crippen LogP contribution in [0.25, 0.3) is 66.4 Å². The van der Waals surface area contributed by atoms with Crippen LogP contribution < -0.4 is 0 Å². The van der Waals surface area contributed by atoms with E-state index in [-0.39, 0.29) is 31.5 Å². The number of furan rings is 1. The second-order valence-corrected chi connectivity index (χ2v) is 12.5. The summed E-state index contributed by atoms with van der Waals surface area (Å²) in [6, 6.07) is 39.9.